The summed E-state index contributed by atoms with van der Waals surface area (Å²) in [7, 11) is 0. The molecule has 2 N–H and O–H groups in total. The minimum Gasteiger partial charge on any atom is -0.487 e. The number of halogens is 1. The lowest BCUT2D eigenvalue weighted by atomic mass is 10.2. The van der Waals surface area contributed by atoms with Gasteiger partial charge in [-0.25, -0.2) is 0 Å². The van der Waals surface area contributed by atoms with Gasteiger partial charge in [-0.2, -0.15) is 0 Å². The Hall–Kier alpha value is -1.58. The van der Waals surface area contributed by atoms with Crippen molar-refractivity contribution in [2.75, 3.05) is 0 Å². The minimum atomic E-state index is 0.406. The number of pyridine rings is 1. The van der Waals surface area contributed by atoms with Crippen molar-refractivity contribution in [1.82, 2.24) is 4.98 Å². The van der Waals surface area contributed by atoms with E-state index in [1.54, 1.807) is 18.5 Å². The van der Waals surface area contributed by atoms with E-state index in [4.69, 9.17) is 22.1 Å². The number of nitrogens with two attached hydrogens (primary N) is 1. The van der Waals surface area contributed by atoms with Crippen LogP contribution in [0.15, 0.2) is 42.7 Å². The van der Waals surface area contributed by atoms with Crippen molar-refractivity contribution < 1.29 is 4.74 Å². The Kier molecular flexibility index (Phi) is 3.96. The zero-order valence-electron chi connectivity index (χ0n) is 9.27. The molecule has 0 fully saturated rings. The zero-order chi connectivity index (χ0) is 12.1. The van der Waals surface area contributed by atoms with Crippen LogP contribution in [0.2, 0.25) is 5.02 Å². The van der Waals surface area contributed by atoms with Gasteiger partial charge in [0.05, 0.1) is 5.02 Å². The number of benzene rings is 1. The van der Waals surface area contributed by atoms with Gasteiger partial charge in [0.25, 0.3) is 0 Å². The summed E-state index contributed by atoms with van der Waals surface area (Å²) in [5, 5.41) is 0.580. The maximum Gasteiger partial charge on any atom is 0.142 e. The maximum absolute atomic E-state index is 6.08. The molecule has 0 bridgehead atoms. The number of para-hydroxylation sites is 1. The highest BCUT2D eigenvalue weighted by atomic mass is 35.5. The smallest absolute Gasteiger partial charge is 0.142 e. The fraction of sp³-hybridized carbons (Fsp3) is 0.154. The Labute approximate surface area is 105 Å². The Morgan fingerprint density at radius 3 is 2.82 bits per heavy atom. The van der Waals surface area contributed by atoms with E-state index >= 15 is 0 Å². The minimum absolute atomic E-state index is 0.406. The number of hydrogen-bond acceptors (Lipinski definition) is 3. The van der Waals surface area contributed by atoms with Crippen molar-refractivity contribution in [3.8, 4) is 5.75 Å². The van der Waals surface area contributed by atoms with Gasteiger partial charge < -0.3 is 10.5 Å². The molecule has 0 spiro atoms. The molecular formula is C13H13ClN2O. The fourth-order valence-electron chi connectivity index (χ4n) is 1.51. The Balaban J connectivity index is 2.14. The van der Waals surface area contributed by atoms with E-state index < -0.39 is 0 Å². The van der Waals surface area contributed by atoms with Gasteiger partial charge in [0.1, 0.15) is 12.4 Å². The van der Waals surface area contributed by atoms with Crippen LogP contribution in [0.5, 0.6) is 5.75 Å². The normalized spacial score (nSPS) is 10.2. The van der Waals surface area contributed by atoms with E-state index in [9.17, 15) is 0 Å². The second-order valence-corrected chi connectivity index (χ2v) is 3.99. The predicted molar refractivity (Wildman–Crippen MR) is 67.9 cm³/mol. The summed E-state index contributed by atoms with van der Waals surface area (Å²) in [6, 6.07) is 9.38. The van der Waals surface area contributed by atoms with Crippen LogP contribution in [-0.4, -0.2) is 4.98 Å². The third-order valence-electron chi connectivity index (χ3n) is 2.37. The van der Waals surface area contributed by atoms with Gasteiger partial charge in [0, 0.05) is 30.1 Å². The number of hydrogen-bond donors (Lipinski definition) is 1. The van der Waals surface area contributed by atoms with Gasteiger partial charge in [0.2, 0.25) is 0 Å². The molecule has 0 saturated carbocycles. The third kappa shape index (κ3) is 2.96. The quantitative estimate of drug-likeness (QED) is 0.905. The van der Waals surface area contributed by atoms with Crippen LogP contribution in [0.4, 0.5) is 0 Å². The highest BCUT2D eigenvalue weighted by molar-refractivity contribution is 6.32. The predicted octanol–water partition coefficient (Wildman–Crippen LogP) is 2.77. The van der Waals surface area contributed by atoms with E-state index in [1.807, 2.05) is 24.3 Å². The second kappa shape index (κ2) is 5.66. The SMILES string of the molecule is NCc1cccc(Cl)c1OCc1cccnc1. The summed E-state index contributed by atoms with van der Waals surface area (Å²) in [6.07, 6.45) is 3.49. The molecule has 17 heavy (non-hydrogen) atoms. The first kappa shape index (κ1) is 11.9. The highest BCUT2D eigenvalue weighted by Crippen LogP contribution is 2.28. The van der Waals surface area contributed by atoms with Crippen molar-refractivity contribution in [3.63, 3.8) is 0 Å². The average molecular weight is 249 g/mol. The Morgan fingerprint density at radius 2 is 2.12 bits per heavy atom. The van der Waals surface area contributed by atoms with E-state index in [0.29, 0.717) is 23.9 Å². The number of ether oxygens (including phenoxy) is 1. The molecule has 3 nitrogen and oxygen atoms in total. The summed E-state index contributed by atoms with van der Waals surface area (Å²) < 4.78 is 5.69. The molecule has 0 unspecified atom stereocenters. The standard InChI is InChI=1S/C13H13ClN2O/c14-12-5-1-4-11(7-15)13(12)17-9-10-3-2-6-16-8-10/h1-6,8H,7,9,15H2. The van der Waals surface area contributed by atoms with Gasteiger partial charge in [-0.15, -0.1) is 0 Å². The molecule has 0 atom stereocenters. The average Bonchev–Trinajstić information content (AvgIpc) is 2.38. The van der Waals surface area contributed by atoms with Crippen LogP contribution in [0.3, 0.4) is 0 Å². The van der Waals surface area contributed by atoms with Crippen molar-refractivity contribution >= 4 is 11.6 Å². The molecule has 0 saturated heterocycles. The first-order valence-electron chi connectivity index (χ1n) is 5.30. The van der Waals surface area contributed by atoms with Gasteiger partial charge in [-0.05, 0) is 12.1 Å². The number of rotatable bonds is 4. The molecule has 1 aromatic heterocycles. The van der Waals surface area contributed by atoms with Gasteiger partial charge >= 0.3 is 0 Å². The molecule has 1 heterocycles. The summed E-state index contributed by atoms with van der Waals surface area (Å²) in [4.78, 5) is 4.02. The van der Waals surface area contributed by atoms with Gasteiger partial charge in [-0.1, -0.05) is 29.8 Å². The Morgan fingerprint density at radius 1 is 1.24 bits per heavy atom. The molecule has 2 rings (SSSR count). The molecule has 0 amide bonds. The summed E-state index contributed by atoms with van der Waals surface area (Å²) in [5.41, 5.74) is 7.54. The lowest BCUT2D eigenvalue weighted by molar-refractivity contribution is 0.303. The van der Waals surface area contributed by atoms with Gasteiger partial charge in [0.15, 0.2) is 0 Å². The molecule has 0 aliphatic carbocycles. The third-order valence-corrected chi connectivity index (χ3v) is 2.67. The summed E-state index contributed by atoms with van der Waals surface area (Å²) >= 11 is 6.08. The topological polar surface area (TPSA) is 48.1 Å². The summed E-state index contributed by atoms with van der Waals surface area (Å²) in [5.74, 6) is 0.653. The zero-order valence-corrected chi connectivity index (χ0v) is 10.0. The van der Waals surface area contributed by atoms with Crippen LogP contribution < -0.4 is 10.5 Å². The molecule has 0 aliphatic heterocycles. The maximum atomic E-state index is 6.08. The van der Waals surface area contributed by atoms with Gasteiger partial charge in [-0.3, -0.25) is 4.98 Å². The van der Waals surface area contributed by atoms with Crippen LogP contribution in [0.1, 0.15) is 11.1 Å². The van der Waals surface area contributed by atoms with Crippen LogP contribution in [0, 0.1) is 0 Å². The lowest BCUT2D eigenvalue weighted by Crippen LogP contribution is -2.03. The first-order valence-corrected chi connectivity index (χ1v) is 5.68. The molecule has 0 aliphatic rings. The number of aromatic nitrogens is 1. The van der Waals surface area contributed by atoms with Crippen LogP contribution >= 0.6 is 11.6 Å². The van der Waals surface area contributed by atoms with E-state index in [-0.39, 0.29) is 0 Å². The molecule has 88 valence electrons. The first-order chi connectivity index (χ1) is 8.31. The molecule has 1 aromatic carbocycles. The van der Waals surface area contributed by atoms with Crippen LogP contribution in [-0.2, 0) is 13.2 Å². The van der Waals surface area contributed by atoms with Crippen molar-refractivity contribution in [2.24, 2.45) is 5.73 Å². The summed E-state index contributed by atoms with van der Waals surface area (Å²) in [6.45, 7) is 0.841. The molecule has 4 heteroatoms. The number of nitrogens with zero attached hydrogens (tertiary/aromatic N) is 1. The fourth-order valence-corrected chi connectivity index (χ4v) is 1.76. The van der Waals surface area contributed by atoms with E-state index in [2.05, 4.69) is 4.98 Å². The van der Waals surface area contributed by atoms with E-state index in [1.165, 1.54) is 0 Å². The highest BCUT2D eigenvalue weighted by Gasteiger charge is 2.07. The van der Waals surface area contributed by atoms with Crippen molar-refractivity contribution in [3.05, 3.63) is 58.9 Å². The van der Waals surface area contributed by atoms with Crippen molar-refractivity contribution in [1.29, 1.82) is 0 Å². The monoisotopic (exact) mass is 248 g/mol. The largest absolute Gasteiger partial charge is 0.487 e. The molecular weight excluding hydrogens is 236 g/mol. The van der Waals surface area contributed by atoms with E-state index in [0.717, 1.165) is 11.1 Å². The molecule has 2 aromatic rings. The second-order valence-electron chi connectivity index (χ2n) is 3.58. The van der Waals surface area contributed by atoms with Crippen LogP contribution in [0.25, 0.3) is 0 Å². The Bertz CT molecular complexity index is 488. The van der Waals surface area contributed by atoms with Crippen molar-refractivity contribution in [2.45, 2.75) is 13.2 Å². The molecule has 0 radical (unpaired) electrons. The lowest BCUT2D eigenvalue weighted by Gasteiger charge is -2.11.